The molecule has 1 aliphatic heterocycles. The number of hydrogen-bond donors (Lipinski definition) is 2. The lowest BCUT2D eigenvalue weighted by molar-refractivity contribution is 0.364. The predicted octanol–water partition coefficient (Wildman–Crippen LogP) is 4.00. The highest BCUT2D eigenvalue weighted by molar-refractivity contribution is 6.01. The number of nitrogens with one attached hydrogen (secondary N) is 1. The molecule has 0 fully saturated rings. The maximum absolute atomic E-state index is 10.3. The van der Waals surface area contributed by atoms with Crippen LogP contribution in [0.5, 0.6) is 0 Å². The van der Waals surface area contributed by atoms with Gasteiger partial charge in [-0.3, -0.25) is 4.99 Å². The topological polar surface area (TPSA) is 86.2 Å². The lowest BCUT2D eigenvalue weighted by atomic mass is 9.80. The van der Waals surface area contributed by atoms with Crippen molar-refractivity contribution >= 4 is 5.71 Å². The molecule has 1 aromatic heterocycles. The molecule has 0 spiro atoms. The van der Waals surface area contributed by atoms with Gasteiger partial charge in [-0.1, -0.05) is 12.1 Å². The molecule has 138 valence electrons. The molecule has 6 nitrogen and oxygen atoms in total. The maximum Gasteiger partial charge on any atom is 0.203 e. The van der Waals surface area contributed by atoms with Crippen LogP contribution in [-0.4, -0.2) is 26.4 Å². The minimum atomic E-state index is -0.365. The van der Waals surface area contributed by atoms with Gasteiger partial charge in [0.15, 0.2) is 0 Å². The van der Waals surface area contributed by atoms with Gasteiger partial charge in [0.2, 0.25) is 5.88 Å². The van der Waals surface area contributed by atoms with E-state index in [-0.39, 0.29) is 17.8 Å². The van der Waals surface area contributed by atoms with Crippen LogP contribution in [0.4, 0.5) is 0 Å². The summed E-state index contributed by atoms with van der Waals surface area (Å²) >= 11 is 0. The quantitative estimate of drug-likeness (QED) is 0.806. The monoisotopic (exact) mass is 361 g/mol. The highest BCUT2D eigenvalue weighted by Crippen LogP contribution is 2.38. The maximum atomic E-state index is 10.3. The van der Waals surface area contributed by atoms with E-state index in [9.17, 15) is 10.4 Å². The zero-order valence-electron chi connectivity index (χ0n) is 15.9. The first-order valence-corrected chi connectivity index (χ1v) is 8.86. The van der Waals surface area contributed by atoms with Crippen LogP contribution >= 0.6 is 0 Å². The average molecular weight is 361 g/mol. The summed E-state index contributed by atoms with van der Waals surface area (Å²) in [6.45, 7) is 7.88. The first-order chi connectivity index (χ1) is 12.9. The molecule has 0 saturated heterocycles. The SMILES string of the molecule is CC(=NC(C)C)C1=C(C)NC(O)=C(C#N)C1c1ccc(-n2ccnc2)cc1. The number of nitriles is 1. The largest absolute Gasteiger partial charge is 0.494 e. The van der Waals surface area contributed by atoms with Gasteiger partial charge in [-0.25, -0.2) is 4.98 Å². The van der Waals surface area contributed by atoms with E-state index in [1.165, 1.54) is 0 Å². The highest BCUT2D eigenvalue weighted by Gasteiger charge is 2.32. The molecule has 2 N–H and O–H groups in total. The molecule has 1 aliphatic rings. The molecule has 0 aliphatic carbocycles. The molecule has 0 radical (unpaired) electrons. The summed E-state index contributed by atoms with van der Waals surface area (Å²) in [4.78, 5) is 8.74. The van der Waals surface area contributed by atoms with E-state index in [0.29, 0.717) is 5.57 Å². The van der Waals surface area contributed by atoms with Crippen LogP contribution < -0.4 is 5.32 Å². The second-order valence-corrected chi connectivity index (χ2v) is 6.84. The second kappa shape index (κ2) is 7.50. The Morgan fingerprint density at radius 1 is 1.33 bits per heavy atom. The van der Waals surface area contributed by atoms with Crippen molar-refractivity contribution < 1.29 is 5.11 Å². The molecular formula is C21H23N5O. The van der Waals surface area contributed by atoms with Gasteiger partial charge in [-0.05, 0) is 45.4 Å². The molecule has 0 amide bonds. The molecule has 2 heterocycles. The molecule has 2 aromatic rings. The highest BCUT2D eigenvalue weighted by atomic mass is 16.3. The summed E-state index contributed by atoms with van der Waals surface area (Å²) < 4.78 is 1.91. The Hall–Kier alpha value is -3.33. The molecular weight excluding hydrogens is 338 g/mol. The summed E-state index contributed by atoms with van der Waals surface area (Å²) in [5.41, 5.74) is 4.79. The van der Waals surface area contributed by atoms with E-state index in [2.05, 4.69) is 21.4 Å². The van der Waals surface area contributed by atoms with Crippen LogP contribution in [0.25, 0.3) is 5.69 Å². The van der Waals surface area contributed by atoms with E-state index < -0.39 is 0 Å². The molecule has 1 unspecified atom stereocenters. The number of imidazole rings is 1. The van der Waals surface area contributed by atoms with E-state index in [0.717, 1.165) is 28.2 Å². The molecule has 1 atom stereocenters. The number of hydrogen-bond acceptors (Lipinski definition) is 5. The molecule has 0 saturated carbocycles. The lowest BCUT2D eigenvalue weighted by Crippen LogP contribution is -2.28. The van der Waals surface area contributed by atoms with Crippen molar-refractivity contribution in [3.05, 3.63) is 71.3 Å². The Kier molecular flexibility index (Phi) is 5.13. The summed E-state index contributed by atoms with van der Waals surface area (Å²) in [7, 11) is 0. The normalized spacial score (nSPS) is 17.9. The molecule has 1 aromatic carbocycles. The van der Waals surface area contributed by atoms with Gasteiger partial charge in [0.1, 0.15) is 11.6 Å². The van der Waals surface area contributed by atoms with Crippen LogP contribution in [0.2, 0.25) is 0 Å². The Morgan fingerprint density at radius 3 is 2.59 bits per heavy atom. The minimum absolute atomic E-state index is 0.0974. The van der Waals surface area contributed by atoms with E-state index in [1.54, 1.807) is 12.5 Å². The van der Waals surface area contributed by atoms with Crippen molar-refractivity contribution in [1.29, 1.82) is 5.26 Å². The van der Waals surface area contributed by atoms with Crippen molar-refractivity contribution in [2.24, 2.45) is 4.99 Å². The van der Waals surface area contributed by atoms with Gasteiger partial charge in [0.05, 0.1) is 12.2 Å². The summed E-state index contributed by atoms with van der Waals surface area (Å²) in [5, 5.41) is 22.9. The Bertz CT molecular complexity index is 957. The van der Waals surface area contributed by atoms with Crippen LogP contribution in [0.15, 0.2) is 70.7 Å². The third-order valence-electron chi connectivity index (χ3n) is 4.53. The number of aliphatic imine (C=N–C) groups is 1. The van der Waals surface area contributed by atoms with E-state index >= 15 is 0 Å². The zero-order valence-corrected chi connectivity index (χ0v) is 15.9. The fourth-order valence-electron chi connectivity index (χ4n) is 3.45. The first kappa shape index (κ1) is 18.5. The molecule has 27 heavy (non-hydrogen) atoms. The van der Waals surface area contributed by atoms with Crippen molar-refractivity contribution in [2.75, 3.05) is 0 Å². The van der Waals surface area contributed by atoms with Crippen molar-refractivity contribution in [2.45, 2.75) is 39.7 Å². The van der Waals surface area contributed by atoms with Gasteiger partial charge in [-0.2, -0.15) is 5.26 Å². The van der Waals surface area contributed by atoms with Crippen LogP contribution in [0.3, 0.4) is 0 Å². The first-order valence-electron chi connectivity index (χ1n) is 8.86. The van der Waals surface area contributed by atoms with Crippen LogP contribution in [0.1, 0.15) is 39.2 Å². The van der Waals surface area contributed by atoms with Gasteiger partial charge >= 0.3 is 0 Å². The second-order valence-electron chi connectivity index (χ2n) is 6.84. The fraction of sp³-hybridized carbons (Fsp3) is 0.286. The summed E-state index contributed by atoms with van der Waals surface area (Å²) in [5.74, 6) is -0.463. The number of aliphatic hydroxyl groups is 1. The van der Waals surface area contributed by atoms with E-state index in [4.69, 9.17) is 0 Å². The molecule has 3 rings (SSSR count). The van der Waals surface area contributed by atoms with Gasteiger partial charge in [0.25, 0.3) is 0 Å². The van der Waals surface area contributed by atoms with Gasteiger partial charge < -0.3 is 15.0 Å². The number of benzene rings is 1. The smallest absolute Gasteiger partial charge is 0.203 e. The number of aromatic nitrogens is 2. The Balaban J connectivity index is 2.10. The lowest BCUT2D eigenvalue weighted by Gasteiger charge is -2.29. The molecule has 6 heteroatoms. The van der Waals surface area contributed by atoms with Crippen molar-refractivity contribution in [3.8, 4) is 11.8 Å². The van der Waals surface area contributed by atoms with Crippen LogP contribution in [0, 0.1) is 11.3 Å². The van der Waals surface area contributed by atoms with Crippen LogP contribution in [-0.2, 0) is 0 Å². The Labute approximate surface area is 159 Å². The predicted molar refractivity (Wildman–Crippen MR) is 106 cm³/mol. The third kappa shape index (κ3) is 3.63. The summed E-state index contributed by atoms with van der Waals surface area (Å²) in [6.07, 6.45) is 5.34. The average Bonchev–Trinajstić information content (AvgIpc) is 3.15. The van der Waals surface area contributed by atoms with Gasteiger partial charge in [0, 0.05) is 41.1 Å². The number of aliphatic hydroxyl groups excluding tert-OH is 1. The van der Waals surface area contributed by atoms with E-state index in [1.807, 2.05) is 62.7 Å². The zero-order chi connectivity index (χ0) is 19.6. The number of dihydropyridines is 1. The molecule has 0 bridgehead atoms. The van der Waals surface area contributed by atoms with Crippen molar-refractivity contribution in [3.63, 3.8) is 0 Å². The number of allylic oxidation sites excluding steroid dienone is 3. The minimum Gasteiger partial charge on any atom is -0.494 e. The van der Waals surface area contributed by atoms with Gasteiger partial charge in [-0.15, -0.1) is 0 Å². The number of nitrogens with zero attached hydrogens (tertiary/aromatic N) is 4. The standard InChI is InChI=1S/C21H23N5O/c1-13(2)24-14(3)19-15(4)25-21(27)18(11-22)20(19)16-5-7-17(8-6-16)26-10-9-23-12-26/h5-10,12-13,20,25,27H,1-4H3. The summed E-state index contributed by atoms with van der Waals surface area (Å²) in [6, 6.07) is 10.2. The van der Waals surface area contributed by atoms with Crippen molar-refractivity contribution in [1.82, 2.24) is 14.9 Å². The third-order valence-corrected chi connectivity index (χ3v) is 4.53. The number of rotatable bonds is 4. The fourth-order valence-corrected chi connectivity index (χ4v) is 3.45. The Morgan fingerprint density at radius 2 is 2.04 bits per heavy atom.